The van der Waals surface area contributed by atoms with Crippen LogP contribution in [0.1, 0.15) is 5.56 Å². The van der Waals surface area contributed by atoms with Crippen molar-refractivity contribution in [3.8, 4) is 16.8 Å². The molecule has 0 aliphatic rings. The van der Waals surface area contributed by atoms with E-state index in [1.165, 1.54) is 76.5 Å². The minimum absolute atomic E-state index is 1.19. The van der Waals surface area contributed by atoms with Crippen LogP contribution in [0, 0.1) is 6.92 Å². The summed E-state index contributed by atoms with van der Waals surface area (Å²) >= 11 is 0. The first-order chi connectivity index (χ1) is 18.8. The van der Waals surface area contributed by atoms with Gasteiger partial charge in [0.05, 0.1) is 11.0 Å². The highest BCUT2D eigenvalue weighted by atomic mass is 15.0. The smallest absolute Gasteiger partial charge is 0.0541 e. The Kier molecular flexibility index (Phi) is 4.50. The van der Waals surface area contributed by atoms with Gasteiger partial charge in [-0.05, 0) is 86.3 Å². The van der Waals surface area contributed by atoms with E-state index in [4.69, 9.17) is 0 Å². The summed E-state index contributed by atoms with van der Waals surface area (Å²) in [5.74, 6) is 0. The maximum Gasteiger partial charge on any atom is 0.0541 e. The second-order valence-corrected chi connectivity index (χ2v) is 10.2. The van der Waals surface area contributed by atoms with Gasteiger partial charge < -0.3 is 4.57 Å². The summed E-state index contributed by atoms with van der Waals surface area (Å²) in [6, 6.07) is 48.8. The Balaban J connectivity index is 1.36. The van der Waals surface area contributed by atoms with Gasteiger partial charge in [-0.25, -0.2) is 0 Å². The van der Waals surface area contributed by atoms with Crippen molar-refractivity contribution in [2.75, 3.05) is 0 Å². The number of rotatable bonds is 2. The summed E-state index contributed by atoms with van der Waals surface area (Å²) in [4.78, 5) is 0. The van der Waals surface area contributed by atoms with Gasteiger partial charge >= 0.3 is 0 Å². The third-order valence-electron chi connectivity index (χ3n) is 8.15. The highest BCUT2D eigenvalue weighted by Crippen LogP contribution is 2.40. The van der Waals surface area contributed by atoms with Crippen molar-refractivity contribution in [1.82, 2.24) is 4.57 Å². The van der Waals surface area contributed by atoms with Crippen molar-refractivity contribution in [2.45, 2.75) is 6.92 Å². The van der Waals surface area contributed by atoms with Crippen LogP contribution in [-0.2, 0) is 0 Å². The van der Waals surface area contributed by atoms with Crippen molar-refractivity contribution >= 4 is 54.1 Å². The second-order valence-electron chi connectivity index (χ2n) is 10.2. The molecule has 0 aliphatic carbocycles. The molecule has 0 bridgehead atoms. The number of para-hydroxylation sites is 2. The molecule has 0 atom stereocenters. The van der Waals surface area contributed by atoms with Crippen molar-refractivity contribution < 1.29 is 0 Å². The predicted octanol–water partition coefficient (Wildman–Crippen LogP) is 10.2. The number of fused-ring (bicyclic) bond motifs is 6. The molecule has 7 aromatic carbocycles. The topological polar surface area (TPSA) is 4.93 Å². The minimum atomic E-state index is 1.19. The van der Waals surface area contributed by atoms with Gasteiger partial charge in [0.1, 0.15) is 0 Å². The molecular weight excluding hydrogens is 458 g/mol. The molecule has 8 aromatic rings. The Morgan fingerprint density at radius 1 is 0.421 bits per heavy atom. The van der Waals surface area contributed by atoms with E-state index >= 15 is 0 Å². The summed E-state index contributed by atoms with van der Waals surface area (Å²) in [6.07, 6.45) is 0. The molecule has 0 amide bonds. The fourth-order valence-electron chi connectivity index (χ4n) is 6.39. The quantitative estimate of drug-likeness (QED) is 0.216. The fraction of sp³-hybridized carbons (Fsp3) is 0.0270. The van der Waals surface area contributed by atoms with Gasteiger partial charge in [0, 0.05) is 16.5 Å². The number of nitrogens with zero attached hydrogens (tertiary/aromatic N) is 1. The second kappa shape index (κ2) is 8.06. The molecule has 0 radical (unpaired) electrons. The van der Waals surface area contributed by atoms with Gasteiger partial charge in [-0.2, -0.15) is 0 Å². The van der Waals surface area contributed by atoms with E-state index in [0.717, 1.165) is 0 Å². The minimum Gasteiger partial charge on any atom is -0.309 e. The zero-order valence-corrected chi connectivity index (χ0v) is 21.1. The average Bonchev–Trinajstić information content (AvgIpc) is 3.32. The predicted molar refractivity (Wildman–Crippen MR) is 163 cm³/mol. The molecule has 178 valence electrons. The Morgan fingerprint density at radius 3 is 1.50 bits per heavy atom. The summed E-state index contributed by atoms with van der Waals surface area (Å²) in [5, 5.41) is 10.3. The molecule has 1 heterocycles. The van der Waals surface area contributed by atoms with E-state index in [-0.39, 0.29) is 0 Å². The summed E-state index contributed by atoms with van der Waals surface area (Å²) in [6.45, 7) is 2.24. The van der Waals surface area contributed by atoms with Gasteiger partial charge in [0.25, 0.3) is 0 Å². The molecule has 38 heavy (non-hydrogen) atoms. The highest BCUT2D eigenvalue weighted by Gasteiger charge is 2.15. The molecule has 0 N–H and O–H groups in total. The Hall–Kier alpha value is -4.88. The van der Waals surface area contributed by atoms with Crippen LogP contribution < -0.4 is 0 Å². The average molecular weight is 484 g/mol. The van der Waals surface area contributed by atoms with E-state index in [0.29, 0.717) is 0 Å². The molecule has 1 aromatic heterocycles. The Bertz CT molecular complexity index is 2090. The number of aromatic nitrogens is 1. The number of benzene rings is 7. The van der Waals surface area contributed by atoms with Crippen LogP contribution in [0.4, 0.5) is 0 Å². The molecule has 0 saturated heterocycles. The molecule has 0 unspecified atom stereocenters. The highest BCUT2D eigenvalue weighted by molar-refractivity contribution is 6.15. The first kappa shape index (κ1) is 21.2. The van der Waals surface area contributed by atoms with Gasteiger partial charge in [0.15, 0.2) is 0 Å². The maximum atomic E-state index is 2.39. The van der Waals surface area contributed by atoms with Gasteiger partial charge in [-0.15, -0.1) is 0 Å². The molecular formula is C37H25N. The van der Waals surface area contributed by atoms with Crippen LogP contribution >= 0.6 is 0 Å². The Labute approximate surface area is 221 Å². The number of hydrogen-bond acceptors (Lipinski definition) is 0. The zero-order chi connectivity index (χ0) is 25.2. The lowest BCUT2D eigenvalue weighted by molar-refractivity contribution is 1.19. The van der Waals surface area contributed by atoms with E-state index < -0.39 is 0 Å². The Morgan fingerprint density at radius 2 is 0.895 bits per heavy atom. The molecule has 8 rings (SSSR count). The van der Waals surface area contributed by atoms with Crippen LogP contribution in [0.25, 0.3) is 70.9 Å². The van der Waals surface area contributed by atoms with Crippen LogP contribution in [0.2, 0.25) is 0 Å². The molecule has 0 spiro atoms. The molecule has 0 saturated carbocycles. The SMILES string of the molecule is Cc1c2ccccc2c(-c2ccc3cc(-n4c5ccccc5c5ccccc54)ccc3c2)c2ccccc12. The van der Waals surface area contributed by atoms with E-state index in [2.05, 4.69) is 145 Å². The van der Waals surface area contributed by atoms with Crippen LogP contribution in [0.5, 0.6) is 0 Å². The van der Waals surface area contributed by atoms with Gasteiger partial charge in [0.2, 0.25) is 0 Å². The third kappa shape index (κ3) is 2.99. The first-order valence-corrected chi connectivity index (χ1v) is 13.2. The van der Waals surface area contributed by atoms with E-state index in [1.807, 2.05) is 0 Å². The van der Waals surface area contributed by atoms with Gasteiger partial charge in [-0.3, -0.25) is 0 Å². The molecule has 0 fully saturated rings. The number of aryl methyl sites for hydroxylation is 1. The molecule has 1 heteroatoms. The van der Waals surface area contributed by atoms with Crippen LogP contribution in [0.3, 0.4) is 0 Å². The third-order valence-corrected chi connectivity index (χ3v) is 8.15. The van der Waals surface area contributed by atoms with E-state index in [1.54, 1.807) is 0 Å². The van der Waals surface area contributed by atoms with Crippen molar-refractivity contribution in [3.05, 3.63) is 139 Å². The standard InChI is InChI=1S/C37H25N/c1-24-29-10-2-4-14-33(29)37(34-15-5-3-11-30(24)34)27-19-18-26-23-28(21-20-25(26)22-27)38-35-16-8-6-12-31(35)32-13-7-9-17-36(32)38/h2-23H,1H3. The van der Waals surface area contributed by atoms with Crippen LogP contribution in [-0.4, -0.2) is 4.57 Å². The normalized spacial score (nSPS) is 11.8. The lowest BCUT2D eigenvalue weighted by Crippen LogP contribution is -1.94. The molecule has 1 nitrogen and oxygen atoms in total. The molecule has 0 aliphatic heterocycles. The van der Waals surface area contributed by atoms with Crippen LogP contribution in [0.15, 0.2) is 133 Å². The lowest BCUT2D eigenvalue weighted by Gasteiger charge is -2.16. The lowest BCUT2D eigenvalue weighted by atomic mass is 9.88. The first-order valence-electron chi connectivity index (χ1n) is 13.2. The monoisotopic (exact) mass is 483 g/mol. The largest absolute Gasteiger partial charge is 0.309 e. The van der Waals surface area contributed by atoms with Crippen molar-refractivity contribution in [1.29, 1.82) is 0 Å². The zero-order valence-electron chi connectivity index (χ0n) is 21.1. The summed E-state index contributed by atoms with van der Waals surface area (Å²) in [5.41, 5.74) is 7.58. The van der Waals surface area contributed by atoms with E-state index in [9.17, 15) is 0 Å². The maximum absolute atomic E-state index is 2.39. The fourth-order valence-corrected chi connectivity index (χ4v) is 6.39. The van der Waals surface area contributed by atoms with Crippen molar-refractivity contribution in [2.24, 2.45) is 0 Å². The van der Waals surface area contributed by atoms with Crippen molar-refractivity contribution in [3.63, 3.8) is 0 Å². The van der Waals surface area contributed by atoms with Gasteiger partial charge in [-0.1, -0.05) is 103 Å². The summed E-state index contributed by atoms with van der Waals surface area (Å²) < 4.78 is 2.39. The number of hydrogen-bond donors (Lipinski definition) is 0. The summed E-state index contributed by atoms with van der Waals surface area (Å²) in [7, 11) is 0.